The Hall–Kier alpha value is -1.42. The lowest BCUT2D eigenvalue weighted by atomic mass is 10.1. The molecule has 4 heteroatoms. The van der Waals surface area contributed by atoms with Crippen molar-refractivity contribution in [1.29, 1.82) is 0 Å². The summed E-state index contributed by atoms with van der Waals surface area (Å²) in [6.07, 6.45) is 2.96. The van der Waals surface area contributed by atoms with Gasteiger partial charge in [-0.1, -0.05) is 13.8 Å². The summed E-state index contributed by atoms with van der Waals surface area (Å²) in [6.45, 7) is 4.18. The van der Waals surface area contributed by atoms with Crippen LogP contribution < -0.4 is 4.90 Å². The average Bonchev–Trinajstić information content (AvgIpc) is 2.70. The SMILES string of the molecule is CC(C)c1ccc(N2C(=O)CC[C@@H]2CO)cn1. The number of rotatable bonds is 3. The summed E-state index contributed by atoms with van der Waals surface area (Å²) in [7, 11) is 0. The standard InChI is InChI=1S/C13H18N2O2/c1-9(2)12-5-3-10(7-14-12)15-11(8-16)4-6-13(15)17/h3,5,7,9,11,16H,4,6,8H2,1-2H3/t11-/m1/s1. The molecule has 0 bridgehead atoms. The van der Waals surface area contributed by atoms with Crippen LogP contribution in [0.3, 0.4) is 0 Å². The van der Waals surface area contributed by atoms with E-state index in [1.165, 1.54) is 0 Å². The second-order valence-electron chi connectivity index (χ2n) is 4.73. The number of aliphatic hydroxyl groups excluding tert-OH is 1. The van der Waals surface area contributed by atoms with Crippen LogP contribution in [0.1, 0.15) is 38.3 Å². The molecule has 1 amide bonds. The van der Waals surface area contributed by atoms with Gasteiger partial charge in [-0.05, 0) is 24.5 Å². The van der Waals surface area contributed by atoms with E-state index in [4.69, 9.17) is 0 Å². The second-order valence-corrected chi connectivity index (χ2v) is 4.73. The third-order valence-electron chi connectivity index (χ3n) is 3.18. The molecule has 1 atom stereocenters. The topological polar surface area (TPSA) is 53.4 Å². The summed E-state index contributed by atoms with van der Waals surface area (Å²) in [5, 5.41) is 9.24. The van der Waals surface area contributed by atoms with E-state index in [-0.39, 0.29) is 18.6 Å². The zero-order valence-corrected chi connectivity index (χ0v) is 10.3. The molecular weight excluding hydrogens is 216 g/mol. The fourth-order valence-electron chi connectivity index (χ4n) is 2.15. The van der Waals surface area contributed by atoms with E-state index < -0.39 is 0 Å². The molecule has 0 saturated carbocycles. The van der Waals surface area contributed by atoms with Crippen molar-refractivity contribution in [1.82, 2.24) is 4.98 Å². The lowest BCUT2D eigenvalue weighted by Crippen LogP contribution is -2.35. The lowest BCUT2D eigenvalue weighted by Gasteiger charge is -2.23. The van der Waals surface area contributed by atoms with Gasteiger partial charge in [0, 0.05) is 12.1 Å². The Labute approximate surface area is 101 Å². The van der Waals surface area contributed by atoms with Crippen LogP contribution in [0.5, 0.6) is 0 Å². The maximum absolute atomic E-state index is 11.7. The Morgan fingerprint density at radius 2 is 2.29 bits per heavy atom. The van der Waals surface area contributed by atoms with Gasteiger partial charge in [0.2, 0.25) is 5.91 Å². The molecule has 4 nitrogen and oxygen atoms in total. The first-order valence-electron chi connectivity index (χ1n) is 6.02. The highest BCUT2D eigenvalue weighted by Gasteiger charge is 2.31. The number of hydrogen-bond acceptors (Lipinski definition) is 3. The van der Waals surface area contributed by atoms with Crippen molar-refractivity contribution in [2.45, 2.75) is 38.6 Å². The molecule has 0 aliphatic carbocycles. The van der Waals surface area contributed by atoms with Gasteiger partial charge in [0.25, 0.3) is 0 Å². The third-order valence-corrected chi connectivity index (χ3v) is 3.18. The second kappa shape index (κ2) is 4.84. The number of anilines is 1. The van der Waals surface area contributed by atoms with Crippen LogP contribution in [0, 0.1) is 0 Å². The van der Waals surface area contributed by atoms with E-state index in [2.05, 4.69) is 18.8 Å². The number of carbonyl (C=O) groups is 1. The molecule has 2 rings (SSSR count). The Morgan fingerprint density at radius 3 is 2.82 bits per heavy atom. The smallest absolute Gasteiger partial charge is 0.227 e. The number of hydrogen-bond donors (Lipinski definition) is 1. The molecule has 1 fully saturated rings. The van der Waals surface area contributed by atoms with Crippen LogP contribution in [0.4, 0.5) is 5.69 Å². The Morgan fingerprint density at radius 1 is 1.53 bits per heavy atom. The van der Waals surface area contributed by atoms with Gasteiger partial charge >= 0.3 is 0 Å². The predicted octanol–water partition coefficient (Wildman–Crippen LogP) is 1.69. The predicted molar refractivity (Wildman–Crippen MR) is 65.9 cm³/mol. The van der Waals surface area contributed by atoms with Crippen molar-refractivity contribution in [2.75, 3.05) is 11.5 Å². The molecule has 0 aromatic carbocycles. The number of nitrogens with zero attached hydrogens (tertiary/aromatic N) is 2. The fourth-order valence-corrected chi connectivity index (χ4v) is 2.15. The number of carbonyl (C=O) groups excluding carboxylic acids is 1. The molecular formula is C13H18N2O2. The number of pyridine rings is 1. The number of amides is 1. The number of aromatic nitrogens is 1. The van der Waals surface area contributed by atoms with Crippen LogP contribution in [0.2, 0.25) is 0 Å². The first-order valence-corrected chi connectivity index (χ1v) is 6.02. The van der Waals surface area contributed by atoms with E-state index in [9.17, 15) is 9.90 Å². The monoisotopic (exact) mass is 234 g/mol. The van der Waals surface area contributed by atoms with Crippen LogP contribution in [-0.2, 0) is 4.79 Å². The Kier molecular flexibility index (Phi) is 3.43. The van der Waals surface area contributed by atoms with Crippen LogP contribution in [0.25, 0.3) is 0 Å². The minimum Gasteiger partial charge on any atom is -0.394 e. The molecule has 1 aromatic rings. The zero-order chi connectivity index (χ0) is 12.4. The molecule has 1 aliphatic heterocycles. The van der Waals surface area contributed by atoms with Crippen LogP contribution >= 0.6 is 0 Å². The van der Waals surface area contributed by atoms with Gasteiger partial charge in [0.1, 0.15) is 0 Å². The van der Waals surface area contributed by atoms with Crippen molar-refractivity contribution in [3.8, 4) is 0 Å². The molecule has 0 radical (unpaired) electrons. The minimum absolute atomic E-state index is 0.0116. The first-order chi connectivity index (χ1) is 8.13. The highest BCUT2D eigenvalue weighted by atomic mass is 16.3. The quantitative estimate of drug-likeness (QED) is 0.866. The van der Waals surface area contributed by atoms with Crippen molar-refractivity contribution < 1.29 is 9.90 Å². The maximum Gasteiger partial charge on any atom is 0.227 e. The van der Waals surface area contributed by atoms with Gasteiger partial charge in [-0.15, -0.1) is 0 Å². The lowest BCUT2D eigenvalue weighted by molar-refractivity contribution is -0.117. The van der Waals surface area contributed by atoms with Gasteiger partial charge in [-0.2, -0.15) is 0 Å². The molecule has 2 heterocycles. The fraction of sp³-hybridized carbons (Fsp3) is 0.538. The molecule has 1 aliphatic rings. The largest absolute Gasteiger partial charge is 0.394 e. The van der Waals surface area contributed by atoms with E-state index in [0.717, 1.165) is 17.8 Å². The molecule has 17 heavy (non-hydrogen) atoms. The summed E-state index contributed by atoms with van der Waals surface area (Å²) in [6, 6.07) is 3.77. The Bertz CT molecular complexity index is 400. The summed E-state index contributed by atoms with van der Waals surface area (Å²) in [5.74, 6) is 0.454. The molecule has 1 aromatic heterocycles. The molecule has 0 unspecified atom stereocenters. The average molecular weight is 234 g/mol. The number of aliphatic hydroxyl groups is 1. The summed E-state index contributed by atoms with van der Waals surface area (Å²) >= 11 is 0. The molecule has 1 saturated heterocycles. The van der Waals surface area contributed by atoms with E-state index in [0.29, 0.717) is 12.3 Å². The van der Waals surface area contributed by atoms with Crippen molar-refractivity contribution >= 4 is 11.6 Å². The molecule has 1 N–H and O–H groups in total. The highest BCUT2D eigenvalue weighted by Crippen LogP contribution is 2.26. The highest BCUT2D eigenvalue weighted by molar-refractivity contribution is 5.96. The van der Waals surface area contributed by atoms with Gasteiger partial charge in [0.05, 0.1) is 24.5 Å². The van der Waals surface area contributed by atoms with Crippen molar-refractivity contribution in [3.63, 3.8) is 0 Å². The van der Waals surface area contributed by atoms with E-state index in [1.807, 2.05) is 12.1 Å². The van der Waals surface area contributed by atoms with Crippen LogP contribution in [-0.4, -0.2) is 28.6 Å². The summed E-state index contributed by atoms with van der Waals surface area (Å²) in [5.41, 5.74) is 1.80. The maximum atomic E-state index is 11.7. The van der Waals surface area contributed by atoms with Gasteiger partial charge in [0.15, 0.2) is 0 Å². The van der Waals surface area contributed by atoms with E-state index in [1.54, 1.807) is 11.1 Å². The van der Waals surface area contributed by atoms with Crippen molar-refractivity contribution in [2.24, 2.45) is 0 Å². The normalized spacial score (nSPS) is 20.4. The minimum atomic E-state index is -0.0887. The molecule has 0 spiro atoms. The zero-order valence-electron chi connectivity index (χ0n) is 10.3. The first kappa shape index (κ1) is 12.0. The van der Waals surface area contributed by atoms with E-state index >= 15 is 0 Å². The third kappa shape index (κ3) is 2.31. The van der Waals surface area contributed by atoms with Crippen LogP contribution in [0.15, 0.2) is 18.3 Å². The molecule has 92 valence electrons. The van der Waals surface area contributed by atoms with Gasteiger partial charge in [-0.3, -0.25) is 9.78 Å². The van der Waals surface area contributed by atoms with Crippen molar-refractivity contribution in [3.05, 3.63) is 24.0 Å². The van der Waals surface area contributed by atoms with Gasteiger partial charge < -0.3 is 10.0 Å². The van der Waals surface area contributed by atoms with Gasteiger partial charge in [-0.25, -0.2) is 0 Å². The summed E-state index contributed by atoms with van der Waals surface area (Å²) < 4.78 is 0. The Balaban J connectivity index is 2.24. The summed E-state index contributed by atoms with van der Waals surface area (Å²) in [4.78, 5) is 17.8.